The first kappa shape index (κ1) is 39.6. The van der Waals surface area contributed by atoms with Crippen molar-refractivity contribution in [2.45, 2.75) is 10.8 Å². The van der Waals surface area contributed by atoms with Crippen molar-refractivity contribution >= 4 is 44.9 Å². The maximum Gasteiger partial charge on any atom is 0.0720 e. The molecule has 0 radical (unpaired) electrons. The van der Waals surface area contributed by atoms with E-state index in [0.29, 0.717) is 0 Å². The maximum absolute atomic E-state index is 2.44. The number of fused-ring (bicyclic) bond motifs is 10. The topological polar surface area (TPSA) is 6.48 Å². The van der Waals surface area contributed by atoms with E-state index in [4.69, 9.17) is 0 Å². The molecule has 2 aliphatic carbocycles. The molecule has 0 heterocycles. The fourth-order valence-corrected chi connectivity index (χ4v) is 11.9. The quantitative estimate of drug-likeness (QED) is 0.150. The highest BCUT2D eigenvalue weighted by atomic mass is 15.2. The number of anilines is 6. The van der Waals surface area contributed by atoms with Crippen LogP contribution in [-0.4, -0.2) is 0 Å². The molecule has 320 valence electrons. The second kappa shape index (κ2) is 16.0. The van der Waals surface area contributed by atoms with E-state index in [-0.39, 0.29) is 0 Å². The molecule has 2 heteroatoms. The molecule has 2 nitrogen and oxygen atoms in total. The number of rotatable bonds is 8. The molecule has 0 aromatic heterocycles. The van der Waals surface area contributed by atoms with Crippen LogP contribution in [0, 0.1) is 0 Å². The number of nitrogens with zero attached hydrogens (tertiary/aromatic N) is 2. The molecule has 0 bridgehead atoms. The van der Waals surface area contributed by atoms with Crippen LogP contribution in [-0.2, 0) is 10.8 Å². The molecule has 0 N–H and O–H groups in total. The van der Waals surface area contributed by atoms with Crippen molar-refractivity contribution in [1.29, 1.82) is 0 Å². The van der Waals surface area contributed by atoms with Crippen molar-refractivity contribution in [2.24, 2.45) is 0 Å². The summed E-state index contributed by atoms with van der Waals surface area (Å²) in [4.78, 5) is 4.77. The lowest BCUT2D eigenvalue weighted by molar-refractivity contribution is 0.623. The zero-order chi connectivity index (χ0) is 45.1. The van der Waals surface area contributed by atoms with E-state index in [1.54, 1.807) is 0 Å². The van der Waals surface area contributed by atoms with Gasteiger partial charge in [0, 0.05) is 33.8 Å². The molecule has 68 heavy (non-hydrogen) atoms. The Morgan fingerprint density at radius 3 is 1.22 bits per heavy atom. The zero-order valence-corrected chi connectivity index (χ0v) is 37.5. The van der Waals surface area contributed by atoms with Crippen LogP contribution >= 0.6 is 0 Å². The lowest BCUT2D eigenvalue weighted by Crippen LogP contribution is -2.44. The summed E-state index contributed by atoms with van der Waals surface area (Å²) >= 11 is 0. The third-order valence-electron chi connectivity index (χ3n) is 14.6. The van der Waals surface area contributed by atoms with Crippen LogP contribution in [0.15, 0.2) is 279 Å². The van der Waals surface area contributed by atoms with Gasteiger partial charge in [-0.25, -0.2) is 0 Å². The van der Waals surface area contributed by atoms with Crippen LogP contribution in [0.2, 0.25) is 0 Å². The summed E-state index contributed by atoms with van der Waals surface area (Å²) in [6.07, 6.45) is 0. The van der Waals surface area contributed by atoms with Gasteiger partial charge in [-0.2, -0.15) is 0 Å². The Kier molecular flexibility index (Phi) is 9.33. The van der Waals surface area contributed by atoms with Crippen LogP contribution in [0.5, 0.6) is 0 Å². The van der Waals surface area contributed by atoms with Gasteiger partial charge in [0.15, 0.2) is 0 Å². The summed E-state index contributed by atoms with van der Waals surface area (Å²) < 4.78 is 0. The minimum Gasteiger partial charge on any atom is -0.310 e. The molecule has 0 unspecified atom stereocenters. The predicted molar refractivity (Wildman–Crippen MR) is 282 cm³/mol. The average Bonchev–Trinajstić information content (AvgIpc) is 3.71. The molecule has 2 aliphatic rings. The predicted octanol–water partition coefficient (Wildman–Crippen LogP) is 16.8. The number of benzene rings is 11. The van der Waals surface area contributed by atoms with Crippen molar-refractivity contribution in [3.8, 4) is 11.1 Å². The molecule has 11 aromatic carbocycles. The first-order chi connectivity index (χ1) is 33.8. The van der Waals surface area contributed by atoms with Crippen molar-refractivity contribution in [3.05, 3.63) is 324 Å². The van der Waals surface area contributed by atoms with Crippen LogP contribution < -0.4 is 9.80 Å². The SMILES string of the molecule is c1ccc(N(c2ccc(N(c3ccccc3)c3cccc4ccccc34)cc2)c2ccc3c(c2)-c2ccccc2C32c3ccccc3C(c3ccccc3)(c3ccccc3)c3ccccc32)cc1. The monoisotopic (exact) mass is 866 g/mol. The number of hydrogen-bond donors (Lipinski definition) is 0. The number of hydrogen-bond acceptors (Lipinski definition) is 2. The van der Waals surface area contributed by atoms with Gasteiger partial charge in [-0.1, -0.05) is 212 Å². The highest BCUT2D eigenvalue weighted by Gasteiger charge is 2.56. The van der Waals surface area contributed by atoms with Gasteiger partial charge in [0.05, 0.1) is 16.5 Å². The minimum absolute atomic E-state index is 0.543. The summed E-state index contributed by atoms with van der Waals surface area (Å²) in [6.45, 7) is 0. The third-order valence-corrected chi connectivity index (χ3v) is 14.6. The Morgan fingerprint density at radius 2 is 0.632 bits per heavy atom. The summed E-state index contributed by atoms with van der Waals surface area (Å²) in [5.41, 5.74) is 18.4. The fraction of sp³-hybridized carbons (Fsp3) is 0.0303. The highest BCUT2D eigenvalue weighted by molar-refractivity contribution is 5.99. The van der Waals surface area contributed by atoms with Gasteiger partial charge >= 0.3 is 0 Å². The Labute approximate surface area is 398 Å². The Hall–Kier alpha value is -8.72. The van der Waals surface area contributed by atoms with E-state index in [1.807, 2.05) is 0 Å². The second-order valence-corrected chi connectivity index (χ2v) is 18.0. The normalized spacial score (nSPS) is 13.5. The van der Waals surface area contributed by atoms with E-state index in [0.717, 1.165) is 34.1 Å². The molecule has 0 fully saturated rings. The van der Waals surface area contributed by atoms with E-state index < -0.39 is 10.8 Å². The smallest absolute Gasteiger partial charge is 0.0720 e. The summed E-state index contributed by atoms with van der Waals surface area (Å²) in [7, 11) is 0. The van der Waals surface area contributed by atoms with Gasteiger partial charge in [0.2, 0.25) is 0 Å². The molecular formula is C66H46N2. The van der Waals surface area contributed by atoms with Crippen molar-refractivity contribution in [1.82, 2.24) is 0 Å². The van der Waals surface area contributed by atoms with E-state index in [1.165, 1.54) is 66.4 Å². The molecule has 0 atom stereocenters. The van der Waals surface area contributed by atoms with E-state index in [2.05, 4.69) is 289 Å². The van der Waals surface area contributed by atoms with Crippen LogP contribution in [0.1, 0.15) is 44.5 Å². The zero-order valence-electron chi connectivity index (χ0n) is 37.5. The van der Waals surface area contributed by atoms with Gasteiger partial charge in [-0.05, 0) is 128 Å². The molecule has 0 saturated heterocycles. The molecule has 13 rings (SSSR count). The Bertz CT molecular complexity index is 3530. The summed E-state index contributed by atoms with van der Waals surface area (Å²) in [6, 6.07) is 103. The van der Waals surface area contributed by atoms with E-state index >= 15 is 0 Å². The molecule has 11 aromatic rings. The van der Waals surface area contributed by atoms with Gasteiger partial charge in [0.1, 0.15) is 0 Å². The molecule has 0 saturated carbocycles. The van der Waals surface area contributed by atoms with Crippen LogP contribution in [0.4, 0.5) is 34.1 Å². The van der Waals surface area contributed by atoms with E-state index in [9.17, 15) is 0 Å². The lowest BCUT2D eigenvalue weighted by atomic mass is 9.51. The third kappa shape index (κ3) is 5.84. The summed E-state index contributed by atoms with van der Waals surface area (Å²) in [5.74, 6) is 0. The second-order valence-electron chi connectivity index (χ2n) is 18.0. The molecular weight excluding hydrogens is 821 g/mol. The van der Waals surface area contributed by atoms with Gasteiger partial charge in [0.25, 0.3) is 0 Å². The summed E-state index contributed by atoms with van der Waals surface area (Å²) in [5, 5.41) is 2.42. The lowest BCUT2D eigenvalue weighted by Gasteiger charge is -2.50. The minimum atomic E-state index is -0.563. The van der Waals surface area contributed by atoms with Crippen LogP contribution in [0.3, 0.4) is 0 Å². The fourth-order valence-electron chi connectivity index (χ4n) is 11.9. The number of para-hydroxylation sites is 2. The Balaban J connectivity index is 1.00. The average molecular weight is 867 g/mol. The van der Waals surface area contributed by atoms with Gasteiger partial charge in [-0.3, -0.25) is 0 Å². The van der Waals surface area contributed by atoms with Gasteiger partial charge in [-0.15, -0.1) is 0 Å². The van der Waals surface area contributed by atoms with Crippen molar-refractivity contribution < 1.29 is 0 Å². The first-order valence-electron chi connectivity index (χ1n) is 23.6. The molecule has 1 spiro atoms. The van der Waals surface area contributed by atoms with Crippen LogP contribution in [0.25, 0.3) is 21.9 Å². The van der Waals surface area contributed by atoms with Crippen molar-refractivity contribution in [3.63, 3.8) is 0 Å². The molecule has 0 aliphatic heterocycles. The molecule has 0 amide bonds. The standard InChI is InChI=1S/C66H46N2/c1-5-24-48(25-6-1)65(49-26-7-2-8-27-49)60-35-17-19-37-62(60)66(63-38-20-18-36-61(63)65)58-34-16-15-33-56(58)57-46-54(44-45-59(57)66)67(50-28-9-3-10-29-50)52-40-42-53(43-41-52)68(51-30-11-4-12-31-51)64-39-21-23-47-22-13-14-32-55(47)64/h1-46H. The first-order valence-corrected chi connectivity index (χ1v) is 23.6. The van der Waals surface area contributed by atoms with Gasteiger partial charge < -0.3 is 9.80 Å². The van der Waals surface area contributed by atoms with Crippen molar-refractivity contribution in [2.75, 3.05) is 9.80 Å². The Morgan fingerprint density at radius 1 is 0.235 bits per heavy atom. The largest absolute Gasteiger partial charge is 0.310 e. The maximum atomic E-state index is 2.44. The highest BCUT2D eigenvalue weighted by Crippen LogP contribution is 2.65.